The Morgan fingerprint density at radius 3 is 2.06 bits per heavy atom. The van der Waals surface area contributed by atoms with E-state index in [-0.39, 0.29) is 0 Å². The van der Waals surface area contributed by atoms with Gasteiger partial charge in [-0.15, -0.1) is 0 Å². The van der Waals surface area contributed by atoms with Crippen LogP contribution in [0.3, 0.4) is 0 Å². The molecule has 0 spiro atoms. The molecule has 0 aromatic heterocycles. The quantitative estimate of drug-likeness (QED) is 0.230. The summed E-state index contributed by atoms with van der Waals surface area (Å²) in [7, 11) is -1.66. The largest absolute Gasteiger partial charge is 0.511 e. The number of hydrogen-bond acceptors (Lipinski definition) is 6. The molecular formula is C24H25N3O4P+. The van der Waals surface area contributed by atoms with Crippen LogP contribution in [0.15, 0.2) is 90.4 Å². The normalized spacial score (nSPS) is 12.0. The van der Waals surface area contributed by atoms with E-state index in [9.17, 15) is 15.1 Å². The van der Waals surface area contributed by atoms with Crippen molar-refractivity contribution < 1.29 is 18.7 Å². The van der Waals surface area contributed by atoms with E-state index in [1.54, 1.807) is 12.1 Å². The van der Waals surface area contributed by atoms with Crippen molar-refractivity contribution in [2.24, 2.45) is 0 Å². The Balaban J connectivity index is 2.05. The van der Waals surface area contributed by atoms with Gasteiger partial charge in [0.25, 0.3) is 0 Å². The number of benzene rings is 3. The third-order valence-corrected chi connectivity index (χ3v) is 6.80. The molecule has 164 valence electrons. The molecule has 0 aliphatic rings. The summed E-state index contributed by atoms with van der Waals surface area (Å²) in [5.74, 6) is -0.470. The van der Waals surface area contributed by atoms with Crippen molar-refractivity contribution in [3.05, 3.63) is 112 Å². The van der Waals surface area contributed by atoms with E-state index in [1.807, 2.05) is 60.7 Å². The lowest BCUT2D eigenvalue weighted by Crippen LogP contribution is -2.22. The lowest BCUT2D eigenvalue weighted by molar-refractivity contribution is 0.283. The van der Waals surface area contributed by atoms with Crippen LogP contribution in [0.1, 0.15) is 16.7 Å². The summed E-state index contributed by atoms with van der Waals surface area (Å²) in [6.45, 7) is 1.07. The Morgan fingerprint density at radius 1 is 0.906 bits per heavy atom. The van der Waals surface area contributed by atoms with Gasteiger partial charge in [0.1, 0.15) is 0 Å². The first-order valence-corrected chi connectivity index (χ1v) is 11.5. The summed E-state index contributed by atoms with van der Waals surface area (Å²) in [5, 5.41) is 20.4. The number of anilines is 1. The van der Waals surface area contributed by atoms with Crippen LogP contribution in [0.4, 0.5) is 5.69 Å². The average Bonchev–Trinajstić information content (AvgIpc) is 2.85. The van der Waals surface area contributed by atoms with Crippen LogP contribution < -0.4 is 4.90 Å². The van der Waals surface area contributed by atoms with Gasteiger partial charge in [0.2, 0.25) is 11.2 Å². The van der Waals surface area contributed by atoms with Gasteiger partial charge in [0, 0.05) is 38.6 Å². The molecule has 0 saturated heterocycles. The highest BCUT2D eigenvalue weighted by Crippen LogP contribution is 2.57. The maximum atomic E-state index is 12.8. The lowest BCUT2D eigenvalue weighted by Gasteiger charge is -2.26. The SMILES string of the molecule is COP(=O)(OC)/C([N+]#N)=C(\O)c1ccccc1CN(Cc1ccccc1)c1ccccc1. The number of nitrogens with zero attached hydrogens (tertiary/aromatic N) is 3. The summed E-state index contributed by atoms with van der Waals surface area (Å²) in [6, 6.07) is 27.1. The van der Waals surface area contributed by atoms with Gasteiger partial charge in [-0.1, -0.05) is 72.8 Å². The molecule has 32 heavy (non-hydrogen) atoms. The maximum Gasteiger partial charge on any atom is 0.511 e. The van der Waals surface area contributed by atoms with Crippen molar-refractivity contribution in [2.75, 3.05) is 19.1 Å². The van der Waals surface area contributed by atoms with E-state index in [0.717, 1.165) is 31.0 Å². The summed E-state index contributed by atoms with van der Waals surface area (Å²) in [5.41, 5.74) is 2.68. The molecule has 7 nitrogen and oxygen atoms in total. The molecule has 0 aliphatic heterocycles. The van der Waals surface area contributed by atoms with Gasteiger partial charge < -0.3 is 19.1 Å². The van der Waals surface area contributed by atoms with Crippen molar-refractivity contribution in [1.82, 2.24) is 0 Å². The highest BCUT2D eigenvalue weighted by molar-refractivity contribution is 7.58. The Hall–Kier alpha value is -3.43. The second kappa shape index (κ2) is 10.7. The van der Waals surface area contributed by atoms with Crippen molar-refractivity contribution in [2.45, 2.75) is 13.1 Å². The predicted octanol–water partition coefficient (Wildman–Crippen LogP) is 6.42. The van der Waals surface area contributed by atoms with Gasteiger partial charge >= 0.3 is 13.0 Å². The summed E-state index contributed by atoms with van der Waals surface area (Å²) >= 11 is 0. The first-order chi connectivity index (χ1) is 15.5. The van der Waals surface area contributed by atoms with Crippen LogP contribution >= 0.6 is 7.60 Å². The zero-order valence-corrected chi connectivity index (χ0v) is 18.9. The van der Waals surface area contributed by atoms with E-state index in [4.69, 9.17) is 9.05 Å². The van der Waals surface area contributed by atoms with Crippen LogP contribution in [0.25, 0.3) is 10.7 Å². The van der Waals surface area contributed by atoms with Crippen LogP contribution in [0.5, 0.6) is 0 Å². The number of diazo groups is 1. The van der Waals surface area contributed by atoms with Gasteiger partial charge in [-0.2, -0.15) is 0 Å². The van der Waals surface area contributed by atoms with Crippen molar-refractivity contribution in [1.29, 1.82) is 5.39 Å². The minimum Gasteiger partial charge on any atom is -0.501 e. The smallest absolute Gasteiger partial charge is 0.501 e. The van der Waals surface area contributed by atoms with Gasteiger partial charge in [-0.05, 0) is 23.3 Å². The fraction of sp³-hybridized carbons (Fsp3) is 0.167. The summed E-state index contributed by atoms with van der Waals surface area (Å²) < 4.78 is 22.6. The van der Waals surface area contributed by atoms with Gasteiger partial charge in [0.05, 0.1) is 0 Å². The Labute approximate surface area is 187 Å². The molecule has 3 rings (SSSR count). The zero-order chi connectivity index (χ0) is 23.0. The third kappa shape index (κ3) is 5.24. The van der Waals surface area contributed by atoms with Gasteiger partial charge in [0.15, 0.2) is 4.98 Å². The molecule has 0 fully saturated rings. The van der Waals surface area contributed by atoms with E-state index >= 15 is 0 Å². The molecule has 0 heterocycles. The minimum absolute atomic E-state index is 0.364. The van der Waals surface area contributed by atoms with E-state index in [2.05, 4.69) is 22.0 Å². The van der Waals surface area contributed by atoms with Crippen molar-refractivity contribution in [3.63, 3.8) is 0 Å². The molecule has 3 aromatic rings. The Morgan fingerprint density at radius 2 is 1.47 bits per heavy atom. The second-order valence-electron chi connectivity index (χ2n) is 6.97. The number of hydrogen-bond donors (Lipinski definition) is 1. The fourth-order valence-corrected chi connectivity index (χ4v) is 4.36. The van der Waals surface area contributed by atoms with Crippen LogP contribution in [0, 0.1) is 5.39 Å². The zero-order valence-electron chi connectivity index (χ0n) is 18.0. The molecule has 3 aromatic carbocycles. The Bertz CT molecular complexity index is 1150. The number of aliphatic hydroxyl groups is 1. The maximum absolute atomic E-state index is 12.8. The molecule has 0 radical (unpaired) electrons. The summed E-state index contributed by atoms with van der Waals surface area (Å²) in [4.78, 5) is 5.18. The van der Waals surface area contributed by atoms with E-state index < -0.39 is 18.8 Å². The molecular weight excluding hydrogens is 425 g/mol. The monoisotopic (exact) mass is 450 g/mol. The topological polar surface area (TPSA) is 87.1 Å². The highest BCUT2D eigenvalue weighted by Gasteiger charge is 2.45. The average molecular weight is 450 g/mol. The molecule has 8 heteroatoms. The molecule has 0 bridgehead atoms. The van der Waals surface area contributed by atoms with Crippen LogP contribution in [0.2, 0.25) is 0 Å². The Kier molecular flexibility index (Phi) is 7.80. The fourth-order valence-electron chi connectivity index (χ4n) is 3.38. The van der Waals surface area contributed by atoms with Crippen molar-refractivity contribution in [3.8, 4) is 0 Å². The number of rotatable bonds is 9. The minimum atomic E-state index is -3.98. The lowest BCUT2D eigenvalue weighted by atomic mass is 10.0. The highest BCUT2D eigenvalue weighted by atomic mass is 31.2. The van der Waals surface area contributed by atoms with E-state index in [1.165, 1.54) is 0 Å². The predicted molar refractivity (Wildman–Crippen MR) is 125 cm³/mol. The van der Waals surface area contributed by atoms with Gasteiger partial charge in [-0.25, -0.2) is 4.57 Å². The molecule has 0 aliphatic carbocycles. The second-order valence-corrected chi connectivity index (χ2v) is 9.12. The number of para-hydroxylation sites is 1. The molecule has 0 saturated carbocycles. The van der Waals surface area contributed by atoms with E-state index in [0.29, 0.717) is 18.7 Å². The number of aliphatic hydroxyl groups excluding tert-OH is 1. The first kappa shape index (κ1) is 23.2. The molecule has 0 amide bonds. The standard InChI is InChI=1S/C24H24N3O4P/c1-30-32(29,31-2)24(26-25)23(28)22-16-10-9-13-20(22)18-27(21-14-7-4-8-15-21)17-19-11-5-3-6-12-19/h3-16H,17-18H2,1-2H3/p+1. The van der Waals surface area contributed by atoms with Crippen LogP contribution in [-0.2, 0) is 26.7 Å². The third-order valence-electron chi connectivity index (χ3n) is 5.02. The summed E-state index contributed by atoms with van der Waals surface area (Å²) in [6.07, 6.45) is 0. The molecule has 0 unspecified atom stereocenters. The first-order valence-electron chi connectivity index (χ1n) is 9.95. The van der Waals surface area contributed by atoms with Crippen LogP contribution in [-0.4, -0.2) is 19.3 Å². The molecule has 0 atom stereocenters. The van der Waals surface area contributed by atoms with Gasteiger partial charge in [-0.3, -0.25) is 0 Å². The van der Waals surface area contributed by atoms with Crippen molar-refractivity contribution >= 4 is 19.0 Å². The molecule has 1 N–H and O–H groups in total.